The zero-order valence-electron chi connectivity index (χ0n) is 13.1. The van der Waals surface area contributed by atoms with Crippen LogP contribution in [0.15, 0.2) is 29.2 Å². The topological polar surface area (TPSA) is 106 Å². The fourth-order valence-electron chi connectivity index (χ4n) is 2.92. The first-order valence-electron chi connectivity index (χ1n) is 7.85. The molecule has 1 aliphatic carbocycles. The summed E-state index contributed by atoms with van der Waals surface area (Å²) < 4.78 is 49.1. The summed E-state index contributed by atoms with van der Waals surface area (Å²) >= 11 is 0. The van der Waals surface area contributed by atoms with Crippen molar-refractivity contribution in [2.24, 2.45) is 11.1 Å². The first-order valence-corrected chi connectivity index (χ1v) is 11.1. The van der Waals surface area contributed by atoms with Crippen molar-refractivity contribution in [1.82, 2.24) is 4.72 Å². The van der Waals surface area contributed by atoms with Gasteiger partial charge in [-0.15, -0.1) is 0 Å². The van der Waals surface area contributed by atoms with Crippen LogP contribution in [0.4, 0.5) is 0 Å². The molecule has 8 heteroatoms. The number of nitrogens with one attached hydrogen (secondary N) is 1. The zero-order chi connectivity index (χ0) is 16.9. The lowest BCUT2D eigenvalue weighted by Crippen LogP contribution is -2.32. The molecule has 0 heterocycles. The van der Waals surface area contributed by atoms with Crippen LogP contribution in [0.2, 0.25) is 0 Å². The summed E-state index contributed by atoms with van der Waals surface area (Å²) in [4.78, 5) is 0.0547. The molecule has 0 unspecified atom stereocenters. The Bertz CT molecular complexity index is 706. The Morgan fingerprint density at radius 2 is 1.61 bits per heavy atom. The maximum Gasteiger partial charge on any atom is 0.238 e. The molecule has 0 aliphatic heterocycles. The largest absolute Gasteiger partial charge is 0.238 e. The second-order valence-electron chi connectivity index (χ2n) is 6.12. The molecule has 1 aliphatic rings. The van der Waals surface area contributed by atoms with Gasteiger partial charge in [0.1, 0.15) is 0 Å². The van der Waals surface area contributed by atoms with E-state index in [2.05, 4.69) is 4.72 Å². The first-order chi connectivity index (χ1) is 10.8. The molecule has 0 aromatic heterocycles. The maximum absolute atomic E-state index is 12.1. The molecule has 3 N–H and O–H groups in total. The third-order valence-electron chi connectivity index (χ3n) is 4.17. The fraction of sp³-hybridized carbons (Fsp3) is 0.600. The number of benzene rings is 1. The maximum atomic E-state index is 12.1. The van der Waals surface area contributed by atoms with Crippen LogP contribution in [0.3, 0.4) is 0 Å². The molecular weight excluding hydrogens is 336 g/mol. The van der Waals surface area contributed by atoms with E-state index in [1.807, 2.05) is 0 Å². The van der Waals surface area contributed by atoms with Gasteiger partial charge in [-0.2, -0.15) is 0 Å². The van der Waals surface area contributed by atoms with Gasteiger partial charge in [-0.25, -0.2) is 26.7 Å². The summed E-state index contributed by atoms with van der Waals surface area (Å²) in [5, 5.41) is 5.03. The lowest BCUT2D eigenvalue weighted by molar-refractivity contribution is 0.384. The van der Waals surface area contributed by atoms with Crippen molar-refractivity contribution in [2.75, 3.05) is 12.3 Å². The van der Waals surface area contributed by atoms with Gasteiger partial charge in [0.05, 0.1) is 10.6 Å². The van der Waals surface area contributed by atoms with E-state index in [0.717, 1.165) is 31.2 Å². The van der Waals surface area contributed by atoms with Crippen molar-refractivity contribution in [3.63, 3.8) is 0 Å². The second kappa shape index (κ2) is 7.74. The summed E-state index contributed by atoms with van der Waals surface area (Å²) in [7, 11) is -6.94. The van der Waals surface area contributed by atoms with Crippen LogP contribution in [0.25, 0.3) is 0 Å². The first kappa shape index (κ1) is 18.4. The van der Waals surface area contributed by atoms with E-state index in [1.165, 1.54) is 18.6 Å². The minimum atomic E-state index is -3.69. The lowest BCUT2D eigenvalue weighted by Gasteiger charge is -2.21. The molecule has 1 fully saturated rings. The average molecular weight is 361 g/mol. The van der Waals surface area contributed by atoms with Crippen molar-refractivity contribution in [1.29, 1.82) is 0 Å². The Labute approximate surface area is 138 Å². The van der Waals surface area contributed by atoms with Gasteiger partial charge in [0.15, 0.2) is 0 Å². The third-order valence-corrected chi connectivity index (χ3v) is 6.65. The summed E-state index contributed by atoms with van der Waals surface area (Å²) in [5.41, 5.74) is 0.859. The molecule has 0 amide bonds. The SMILES string of the molecule is NS(=O)(=O)c1ccc(CCNS(=O)(=O)CC2CCCCC2)cc1. The number of hydrogen-bond acceptors (Lipinski definition) is 4. The van der Waals surface area contributed by atoms with E-state index >= 15 is 0 Å². The van der Waals surface area contributed by atoms with Crippen LogP contribution >= 0.6 is 0 Å². The van der Waals surface area contributed by atoms with Gasteiger partial charge in [0.25, 0.3) is 0 Å². The predicted molar refractivity (Wildman–Crippen MR) is 89.9 cm³/mol. The third kappa shape index (κ3) is 6.21. The van der Waals surface area contributed by atoms with Crippen molar-refractivity contribution < 1.29 is 16.8 Å². The predicted octanol–water partition coefficient (Wildman–Crippen LogP) is 1.38. The van der Waals surface area contributed by atoms with Crippen LogP contribution in [-0.4, -0.2) is 29.1 Å². The smallest absolute Gasteiger partial charge is 0.225 e. The highest BCUT2D eigenvalue weighted by Gasteiger charge is 2.20. The van der Waals surface area contributed by atoms with E-state index < -0.39 is 20.0 Å². The minimum Gasteiger partial charge on any atom is -0.225 e. The van der Waals surface area contributed by atoms with Gasteiger partial charge in [0, 0.05) is 6.54 Å². The minimum absolute atomic E-state index is 0.0547. The van der Waals surface area contributed by atoms with Crippen molar-refractivity contribution in [3.05, 3.63) is 29.8 Å². The van der Waals surface area contributed by atoms with E-state index in [-0.39, 0.29) is 16.6 Å². The molecule has 130 valence electrons. The van der Waals surface area contributed by atoms with E-state index in [4.69, 9.17) is 5.14 Å². The number of hydrogen-bond donors (Lipinski definition) is 2. The highest BCUT2D eigenvalue weighted by molar-refractivity contribution is 7.89. The average Bonchev–Trinajstić information content (AvgIpc) is 2.47. The van der Waals surface area contributed by atoms with Crippen molar-refractivity contribution in [2.45, 2.75) is 43.4 Å². The van der Waals surface area contributed by atoms with E-state index in [0.29, 0.717) is 13.0 Å². The van der Waals surface area contributed by atoms with Gasteiger partial charge in [-0.1, -0.05) is 31.4 Å². The summed E-state index contributed by atoms with van der Waals surface area (Å²) in [6.07, 6.45) is 5.95. The molecule has 1 saturated carbocycles. The standard InChI is InChI=1S/C15H24N2O4S2/c16-23(20,21)15-8-6-13(7-9-15)10-11-17-22(18,19)12-14-4-2-1-3-5-14/h6-9,14,17H,1-5,10-12H2,(H2,16,20,21). The molecule has 2 rings (SSSR count). The fourth-order valence-corrected chi connectivity index (χ4v) is 4.92. The van der Waals surface area contributed by atoms with Gasteiger partial charge in [-0.05, 0) is 42.9 Å². The van der Waals surface area contributed by atoms with Crippen molar-refractivity contribution >= 4 is 20.0 Å². The number of rotatable bonds is 7. The van der Waals surface area contributed by atoms with Crippen LogP contribution in [0.5, 0.6) is 0 Å². The van der Waals surface area contributed by atoms with Crippen molar-refractivity contribution in [3.8, 4) is 0 Å². The Morgan fingerprint density at radius 1 is 1.00 bits per heavy atom. The van der Waals surface area contributed by atoms with Crippen LogP contribution in [0, 0.1) is 5.92 Å². The monoisotopic (exact) mass is 360 g/mol. The van der Waals surface area contributed by atoms with Gasteiger partial charge in [-0.3, -0.25) is 0 Å². The molecule has 0 radical (unpaired) electrons. The molecule has 0 saturated heterocycles. The molecule has 0 bridgehead atoms. The van der Waals surface area contributed by atoms with Crippen LogP contribution < -0.4 is 9.86 Å². The molecule has 0 atom stereocenters. The van der Waals surface area contributed by atoms with E-state index in [9.17, 15) is 16.8 Å². The highest BCUT2D eigenvalue weighted by atomic mass is 32.2. The van der Waals surface area contributed by atoms with Gasteiger partial charge >= 0.3 is 0 Å². The van der Waals surface area contributed by atoms with Gasteiger partial charge in [0.2, 0.25) is 20.0 Å². The lowest BCUT2D eigenvalue weighted by atomic mass is 9.91. The highest BCUT2D eigenvalue weighted by Crippen LogP contribution is 2.24. The molecule has 0 spiro atoms. The van der Waals surface area contributed by atoms with E-state index in [1.54, 1.807) is 12.1 Å². The summed E-state index contributed by atoms with van der Waals surface area (Å²) in [5.74, 6) is 0.479. The molecule has 23 heavy (non-hydrogen) atoms. The Hall–Kier alpha value is -0.960. The normalized spacial score (nSPS) is 17.3. The molecule has 1 aromatic rings. The Morgan fingerprint density at radius 3 is 2.17 bits per heavy atom. The summed E-state index contributed by atoms with van der Waals surface area (Å²) in [6, 6.07) is 6.16. The molecular formula is C15H24N2O4S2. The van der Waals surface area contributed by atoms with Gasteiger partial charge < -0.3 is 0 Å². The quantitative estimate of drug-likeness (QED) is 0.766. The molecule has 6 nitrogen and oxygen atoms in total. The number of primary sulfonamides is 1. The van der Waals surface area contributed by atoms with Crippen LogP contribution in [0.1, 0.15) is 37.7 Å². The number of sulfonamides is 2. The van der Waals surface area contributed by atoms with Crippen LogP contribution in [-0.2, 0) is 26.5 Å². The number of nitrogens with two attached hydrogens (primary N) is 1. The Balaban J connectivity index is 1.81. The second-order valence-corrected chi connectivity index (χ2v) is 9.53. The summed E-state index contributed by atoms with van der Waals surface area (Å²) in [6.45, 7) is 0.309. The Kier molecular flexibility index (Phi) is 6.19. The zero-order valence-corrected chi connectivity index (χ0v) is 14.7. The molecule has 1 aromatic carbocycles.